The van der Waals surface area contributed by atoms with Gasteiger partial charge in [0.25, 0.3) is 0 Å². The molecule has 0 aliphatic carbocycles. The minimum atomic E-state index is -0.114. The average molecular weight is 344 g/mol. The Bertz CT molecular complexity index is 425. The van der Waals surface area contributed by atoms with Gasteiger partial charge in [-0.05, 0) is 61.4 Å². The molecule has 1 aromatic carbocycles. The highest BCUT2D eigenvalue weighted by Crippen LogP contribution is 2.27. The summed E-state index contributed by atoms with van der Waals surface area (Å²) in [6.45, 7) is 9.09. The zero-order chi connectivity index (χ0) is 15.3. The van der Waals surface area contributed by atoms with Gasteiger partial charge < -0.3 is 5.32 Å². The molecule has 2 unspecified atom stereocenters. The minimum Gasteiger partial charge on any atom is -0.317 e. The maximum Gasteiger partial charge on any atom is 0.126 e. The van der Waals surface area contributed by atoms with Crippen molar-refractivity contribution >= 4 is 15.9 Å². The molecule has 0 bridgehead atoms. The molecule has 0 radical (unpaired) electrons. The number of hydrogen-bond donors (Lipinski definition) is 1. The smallest absolute Gasteiger partial charge is 0.126 e. The molecule has 2 atom stereocenters. The number of benzene rings is 1. The van der Waals surface area contributed by atoms with Gasteiger partial charge >= 0.3 is 0 Å². The second kappa shape index (κ2) is 7.56. The summed E-state index contributed by atoms with van der Waals surface area (Å²) in [7, 11) is 1.96. The van der Waals surface area contributed by atoms with E-state index in [2.05, 4.69) is 48.9 Å². The molecular formula is C17H27BrFN. The Kier molecular flexibility index (Phi) is 6.67. The van der Waals surface area contributed by atoms with Crippen LogP contribution in [0.5, 0.6) is 0 Å². The highest BCUT2D eigenvalue weighted by Gasteiger charge is 2.19. The van der Waals surface area contributed by atoms with Crippen molar-refractivity contribution in [3.63, 3.8) is 0 Å². The first-order chi connectivity index (χ1) is 9.21. The van der Waals surface area contributed by atoms with Crippen LogP contribution in [0.4, 0.5) is 4.39 Å². The molecule has 1 rings (SSSR count). The van der Waals surface area contributed by atoms with Crippen LogP contribution < -0.4 is 5.32 Å². The molecule has 0 amide bonds. The fourth-order valence-electron chi connectivity index (χ4n) is 2.88. The third-order valence-electron chi connectivity index (χ3n) is 3.53. The van der Waals surface area contributed by atoms with Gasteiger partial charge in [0.15, 0.2) is 0 Å². The van der Waals surface area contributed by atoms with Crippen LogP contribution in [-0.2, 0) is 6.42 Å². The predicted molar refractivity (Wildman–Crippen MR) is 88.5 cm³/mol. The lowest BCUT2D eigenvalue weighted by atomic mass is 9.82. The van der Waals surface area contributed by atoms with Crippen molar-refractivity contribution in [3.05, 3.63) is 34.1 Å². The summed E-state index contributed by atoms with van der Waals surface area (Å²) in [6.07, 6.45) is 2.99. The van der Waals surface area contributed by atoms with Crippen LogP contribution in [0.15, 0.2) is 22.7 Å². The van der Waals surface area contributed by atoms with Gasteiger partial charge in [-0.2, -0.15) is 0 Å². The van der Waals surface area contributed by atoms with Crippen molar-refractivity contribution < 1.29 is 4.39 Å². The van der Waals surface area contributed by atoms with Crippen molar-refractivity contribution in [2.24, 2.45) is 11.3 Å². The van der Waals surface area contributed by atoms with Gasteiger partial charge in [0.05, 0.1) is 0 Å². The quantitative estimate of drug-likeness (QED) is 0.750. The maximum atomic E-state index is 13.8. The number of likely N-dealkylation sites (N-methyl/N-ethyl adjacent to an activating group) is 1. The van der Waals surface area contributed by atoms with E-state index in [4.69, 9.17) is 0 Å². The lowest BCUT2D eigenvalue weighted by Crippen LogP contribution is -2.30. The fourth-order valence-corrected chi connectivity index (χ4v) is 3.29. The second-order valence-electron chi connectivity index (χ2n) is 7.03. The topological polar surface area (TPSA) is 12.0 Å². The molecule has 1 aromatic rings. The number of nitrogens with one attached hydrogen (secondary N) is 1. The van der Waals surface area contributed by atoms with Crippen LogP contribution in [0, 0.1) is 17.2 Å². The van der Waals surface area contributed by atoms with Crippen LogP contribution >= 0.6 is 15.9 Å². The van der Waals surface area contributed by atoms with Gasteiger partial charge in [-0.1, -0.05) is 43.6 Å². The van der Waals surface area contributed by atoms with E-state index in [1.165, 1.54) is 12.5 Å². The van der Waals surface area contributed by atoms with Gasteiger partial charge in [-0.3, -0.25) is 0 Å². The molecule has 0 heterocycles. The zero-order valence-electron chi connectivity index (χ0n) is 13.3. The Balaban J connectivity index is 2.65. The Labute approximate surface area is 131 Å². The Morgan fingerprint density at radius 2 is 1.95 bits per heavy atom. The van der Waals surface area contributed by atoms with Crippen molar-refractivity contribution in [2.75, 3.05) is 7.05 Å². The second-order valence-corrected chi connectivity index (χ2v) is 7.95. The zero-order valence-corrected chi connectivity index (χ0v) is 14.8. The summed E-state index contributed by atoms with van der Waals surface area (Å²) < 4.78 is 14.8. The Morgan fingerprint density at radius 3 is 2.50 bits per heavy atom. The Morgan fingerprint density at radius 1 is 1.30 bits per heavy atom. The minimum absolute atomic E-state index is 0.114. The molecule has 0 saturated carbocycles. The first kappa shape index (κ1) is 17.6. The summed E-state index contributed by atoms with van der Waals surface area (Å²) in [5.41, 5.74) is 1.13. The molecule has 3 heteroatoms. The molecular weight excluding hydrogens is 317 g/mol. The third kappa shape index (κ3) is 6.36. The number of halogens is 2. The standard InChI is InChI=1S/C17H27BrFN/c1-12(11-17(2,3)4)8-15(20-5)10-13-9-14(18)6-7-16(13)19/h6-7,9,12,15,20H,8,10-11H2,1-5H3. The van der Waals surface area contributed by atoms with E-state index in [9.17, 15) is 4.39 Å². The molecule has 0 saturated heterocycles. The van der Waals surface area contributed by atoms with Gasteiger partial charge in [-0.25, -0.2) is 4.39 Å². The monoisotopic (exact) mass is 343 g/mol. The SMILES string of the molecule is CNC(Cc1cc(Br)ccc1F)CC(C)CC(C)(C)C. The number of rotatable bonds is 6. The van der Waals surface area contributed by atoms with Gasteiger partial charge in [0, 0.05) is 10.5 Å². The largest absolute Gasteiger partial charge is 0.317 e. The number of hydrogen-bond acceptors (Lipinski definition) is 1. The molecule has 0 aromatic heterocycles. The molecule has 20 heavy (non-hydrogen) atoms. The van der Waals surface area contributed by atoms with Crippen molar-refractivity contribution in [3.8, 4) is 0 Å². The highest BCUT2D eigenvalue weighted by molar-refractivity contribution is 9.10. The van der Waals surface area contributed by atoms with Gasteiger partial charge in [-0.15, -0.1) is 0 Å². The average Bonchev–Trinajstić information content (AvgIpc) is 2.30. The normalized spacial score (nSPS) is 15.2. The van der Waals surface area contributed by atoms with E-state index >= 15 is 0 Å². The van der Waals surface area contributed by atoms with Gasteiger partial charge in [0.2, 0.25) is 0 Å². The van der Waals surface area contributed by atoms with Crippen LogP contribution in [0.3, 0.4) is 0 Å². The summed E-state index contributed by atoms with van der Waals surface area (Å²) >= 11 is 3.41. The summed E-state index contributed by atoms with van der Waals surface area (Å²) in [5.74, 6) is 0.514. The lowest BCUT2D eigenvalue weighted by molar-refractivity contribution is 0.277. The molecule has 1 N–H and O–H groups in total. The lowest BCUT2D eigenvalue weighted by Gasteiger charge is -2.26. The van der Waals surface area contributed by atoms with Crippen molar-refractivity contribution in [1.82, 2.24) is 5.32 Å². The molecule has 114 valence electrons. The molecule has 0 aliphatic heterocycles. The van der Waals surface area contributed by atoms with Gasteiger partial charge in [0.1, 0.15) is 5.82 Å². The molecule has 1 nitrogen and oxygen atoms in total. The summed E-state index contributed by atoms with van der Waals surface area (Å²) in [4.78, 5) is 0. The van der Waals surface area contributed by atoms with Crippen molar-refractivity contribution in [1.29, 1.82) is 0 Å². The molecule has 0 aliphatic rings. The predicted octanol–water partition coefficient (Wildman–Crippen LogP) is 5.18. The fraction of sp³-hybridized carbons (Fsp3) is 0.647. The molecule has 0 fully saturated rings. The van der Waals surface area contributed by atoms with Crippen LogP contribution in [0.1, 0.15) is 46.1 Å². The van der Waals surface area contributed by atoms with Crippen molar-refractivity contribution in [2.45, 2.75) is 53.0 Å². The van der Waals surface area contributed by atoms with E-state index in [-0.39, 0.29) is 5.82 Å². The van der Waals surface area contributed by atoms with E-state index in [0.29, 0.717) is 17.4 Å². The Hall–Kier alpha value is -0.410. The van der Waals surface area contributed by atoms with E-state index in [1.54, 1.807) is 6.07 Å². The first-order valence-electron chi connectivity index (χ1n) is 7.32. The van der Waals surface area contributed by atoms with Crippen LogP contribution in [0.25, 0.3) is 0 Å². The molecule has 0 spiro atoms. The van der Waals surface area contributed by atoms with Crippen LogP contribution in [-0.4, -0.2) is 13.1 Å². The summed E-state index contributed by atoms with van der Waals surface area (Å²) in [5, 5.41) is 3.33. The first-order valence-corrected chi connectivity index (χ1v) is 8.12. The summed E-state index contributed by atoms with van der Waals surface area (Å²) in [6, 6.07) is 5.48. The van der Waals surface area contributed by atoms with E-state index < -0.39 is 0 Å². The highest BCUT2D eigenvalue weighted by atomic mass is 79.9. The van der Waals surface area contributed by atoms with E-state index in [0.717, 1.165) is 22.9 Å². The van der Waals surface area contributed by atoms with E-state index in [1.807, 2.05) is 13.1 Å². The third-order valence-corrected chi connectivity index (χ3v) is 4.02. The van der Waals surface area contributed by atoms with Crippen LogP contribution in [0.2, 0.25) is 0 Å². The maximum absolute atomic E-state index is 13.8.